The highest BCUT2D eigenvalue weighted by Crippen LogP contribution is 2.25. The Morgan fingerprint density at radius 3 is 2.57 bits per heavy atom. The van der Waals surface area contributed by atoms with E-state index >= 15 is 0 Å². The Balaban J connectivity index is 2.02. The van der Waals surface area contributed by atoms with E-state index in [1.54, 1.807) is 23.3 Å². The average Bonchev–Trinajstić information content (AvgIpc) is 3.00. The minimum absolute atomic E-state index is 0.0449. The standard InChI is InChI=1S/C16H19ClN2OS/c1-11(13-7-4-5-8-14(13)17)18-16(20)19(3)12(2)15-9-6-10-21-15/h4-12H,1-3H3,(H,18,20). The molecule has 2 rings (SSSR count). The van der Waals surface area contributed by atoms with Crippen molar-refractivity contribution in [2.75, 3.05) is 7.05 Å². The lowest BCUT2D eigenvalue weighted by Crippen LogP contribution is -2.39. The molecule has 2 aromatic rings. The Labute approximate surface area is 134 Å². The third-order valence-corrected chi connectivity index (χ3v) is 4.95. The van der Waals surface area contributed by atoms with Crippen molar-refractivity contribution < 1.29 is 4.79 Å². The lowest BCUT2D eigenvalue weighted by molar-refractivity contribution is 0.192. The Morgan fingerprint density at radius 1 is 1.24 bits per heavy atom. The van der Waals surface area contributed by atoms with Crippen molar-refractivity contribution in [2.45, 2.75) is 25.9 Å². The number of halogens is 1. The van der Waals surface area contributed by atoms with Gasteiger partial charge in [0.1, 0.15) is 0 Å². The van der Waals surface area contributed by atoms with E-state index in [4.69, 9.17) is 11.6 Å². The molecule has 0 radical (unpaired) electrons. The SMILES string of the molecule is CC(NC(=O)N(C)C(C)c1cccs1)c1ccccc1Cl. The van der Waals surface area contributed by atoms with Gasteiger partial charge in [-0.25, -0.2) is 4.79 Å². The minimum Gasteiger partial charge on any atom is -0.331 e. The van der Waals surface area contributed by atoms with Crippen LogP contribution in [0.1, 0.15) is 36.4 Å². The normalized spacial score (nSPS) is 13.5. The van der Waals surface area contributed by atoms with E-state index < -0.39 is 0 Å². The first-order valence-corrected chi connectivity index (χ1v) is 8.07. The second kappa shape index (κ2) is 6.96. The number of hydrogen-bond acceptors (Lipinski definition) is 2. The van der Waals surface area contributed by atoms with Crippen LogP contribution in [0.25, 0.3) is 0 Å². The molecule has 3 nitrogen and oxygen atoms in total. The second-order valence-electron chi connectivity index (χ2n) is 4.99. The number of urea groups is 1. The van der Waals surface area contributed by atoms with Crippen LogP contribution < -0.4 is 5.32 Å². The lowest BCUT2D eigenvalue weighted by Gasteiger charge is -2.26. The third-order valence-electron chi connectivity index (χ3n) is 3.57. The second-order valence-corrected chi connectivity index (χ2v) is 6.38. The number of nitrogens with zero attached hydrogens (tertiary/aromatic N) is 1. The van der Waals surface area contributed by atoms with Crippen LogP contribution in [0.2, 0.25) is 5.02 Å². The number of rotatable bonds is 4. The highest BCUT2D eigenvalue weighted by molar-refractivity contribution is 7.10. The van der Waals surface area contributed by atoms with Crippen LogP contribution in [-0.2, 0) is 0 Å². The van der Waals surface area contributed by atoms with Crippen LogP contribution in [0.4, 0.5) is 4.79 Å². The largest absolute Gasteiger partial charge is 0.331 e. The molecule has 0 aliphatic heterocycles. The van der Waals surface area contributed by atoms with Crippen LogP contribution in [0.3, 0.4) is 0 Å². The molecule has 21 heavy (non-hydrogen) atoms. The number of hydrogen-bond donors (Lipinski definition) is 1. The molecule has 2 amide bonds. The van der Waals surface area contributed by atoms with Gasteiger partial charge < -0.3 is 10.2 Å². The monoisotopic (exact) mass is 322 g/mol. The molecule has 0 saturated heterocycles. The molecule has 0 aliphatic carbocycles. The summed E-state index contributed by atoms with van der Waals surface area (Å²) in [5, 5.41) is 5.67. The molecular weight excluding hydrogens is 304 g/mol. The number of nitrogens with one attached hydrogen (secondary N) is 1. The van der Waals surface area contributed by atoms with Crippen LogP contribution in [0.5, 0.6) is 0 Å². The summed E-state index contributed by atoms with van der Waals surface area (Å²) in [5.41, 5.74) is 0.921. The molecule has 1 aromatic carbocycles. The first-order valence-electron chi connectivity index (χ1n) is 6.82. The summed E-state index contributed by atoms with van der Waals surface area (Å²) >= 11 is 7.81. The zero-order valence-electron chi connectivity index (χ0n) is 12.3. The molecule has 1 N–H and O–H groups in total. The first-order chi connectivity index (χ1) is 10.0. The van der Waals surface area contributed by atoms with Gasteiger partial charge in [0.15, 0.2) is 0 Å². The number of amides is 2. The Morgan fingerprint density at radius 2 is 1.95 bits per heavy atom. The van der Waals surface area contributed by atoms with E-state index in [0.29, 0.717) is 5.02 Å². The minimum atomic E-state index is -0.135. The van der Waals surface area contributed by atoms with Gasteiger partial charge >= 0.3 is 6.03 Å². The zero-order valence-corrected chi connectivity index (χ0v) is 13.9. The number of benzene rings is 1. The average molecular weight is 323 g/mol. The van der Waals surface area contributed by atoms with Crippen molar-refractivity contribution in [1.29, 1.82) is 0 Å². The van der Waals surface area contributed by atoms with Crippen molar-refractivity contribution in [3.05, 3.63) is 57.2 Å². The Hall–Kier alpha value is -1.52. The molecule has 5 heteroatoms. The van der Waals surface area contributed by atoms with Gasteiger partial charge in [-0.2, -0.15) is 0 Å². The van der Waals surface area contributed by atoms with Crippen molar-refractivity contribution in [3.63, 3.8) is 0 Å². The van der Waals surface area contributed by atoms with Crippen LogP contribution >= 0.6 is 22.9 Å². The lowest BCUT2D eigenvalue weighted by atomic mass is 10.1. The summed E-state index contributed by atoms with van der Waals surface area (Å²) in [7, 11) is 1.80. The predicted molar refractivity (Wildman–Crippen MR) is 88.9 cm³/mol. The smallest absolute Gasteiger partial charge is 0.318 e. The van der Waals surface area contributed by atoms with Crippen molar-refractivity contribution in [3.8, 4) is 0 Å². The molecule has 0 fully saturated rings. The van der Waals surface area contributed by atoms with E-state index in [9.17, 15) is 4.79 Å². The fourth-order valence-corrected chi connectivity index (χ4v) is 3.21. The molecule has 1 aromatic heterocycles. The van der Waals surface area contributed by atoms with Gasteiger partial charge in [-0.3, -0.25) is 0 Å². The number of thiophene rings is 1. The highest BCUT2D eigenvalue weighted by Gasteiger charge is 2.20. The zero-order chi connectivity index (χ0) is 15.4. The summed E-state index contributed by atoms with van der Waals surface area (Å²) in [6.45, 7) is 3.95. The molecule has 0 aliphatic rings. The molecule has 0 saturated carbocycles. The van der Waals surface area contributed by atoms with Gasteiger partial charge in [0, 0.05) is 16.9 Å². The van der Waals surface area contributed by atoms with E-state index in [0.717, 1.165) is 10.4 Å². The van der Waals surface area contributed by atoms with Gasteiger partial charge in [0.2, 0.25) is 0 Å². The molecule has 0 spiro atoms. The van der Waals surface area contributed by atoms with Crippen LogP contribution in [0.15, 0.2) is 41.8 Å². The molecule has 2 unspecified atom stereocenters. The highest BCUT2D eigenvalue weighted by atomic mass is 35.5. The van der Waals surface area contributed by atoms with Crippen LogP contribution in [-0.4, -0.2) is 18.0 Å². The van der Waals surface area contributed by atoms with Crippen molar-refractivity contribution >= 4 is 29.0 Å². The summed E-state index contributed by atoms with van der Waals surface area (Å²) < 4.78 is 0. The van der Waals surface area contributed by atoms with Gasteiger partial charge in [-0.1, -0.05) is 35.9 Å². The quantitative estimate of drug-likeness (QED) is 0.856. The van der Waals surface area contributed by atoms with Gasteiger partial charge in [-0.05, 0) is 36.9 Å². The molecule has 112 valence electrons. The van der Waals surface area contributed by atoms with E-state index in [1.807, 2.05) is 55.6 Å². The van der Waals surface area contributed by atoms with E-state index in [2.05, 4.69) is 5.32 Å². The third kappa shape index (κ3) is 3.77. The molecular formula is C16H19ClN2OS. The molecule has 1 heterocycles. The fraction of sp³-hybridized carbons (Fsp3) is 0.312. The Kier molecular flexibility index (Phi) is 5.26. The summed E-state index contributed by atoms with van der Waals surface area (Å²) in [6, 6.07) is 11.4. The van der Waals surface area contributed by atoms with Crippen molar-refractivity contribution in [1.82, 2.24) is 10.2 Å². The molecule has 2 atom stereocenters. The maximum atomic E-state index is 12.4. The van der Waals surface area contributed by atoms with Crippen molar-refractivity contribution in [2.24, 2.45) is 0 Å². The predicted octanol–water partition coefficient (Wildman–Crippen LogP) is 4.87. The first kappa shape index (κ1) is 15.9. The summed E-state index contributed by atoms with van der Waals surface area (Å²) in [4.78, 5) is 15.2. The van der Waals surface area contributed by atoms with Crippen LogP contribution in [0, 0.1) is 0 Å². The summed E-state index contributed by atoms with van der Waals surface area (Å²) in [6.07, 6.45) is 0. The maximum Gasteiger partial charge on any atom is 0.318 e. The number of carbonyl (C=O) groups is 1. The maximum absolute atomic E-state index is 12.4. The number of carbonyl (C=O) groups excluding carboxylic acids is 1. The van der Waals surface area contributed by atoms with Gasteiger partial charge in [-0.15, -0.1) is 11.3 Å². The van der Waals surface area contributed by atoms with Gasteiger partial charge in [0.05, 0.1) is 12.1 Å². The van der Waals surface area contributed by atoms with E-state index in [-0.39, 0.29) is 18.1 Å². The molecule has 0 bridgehead atoms. The Bertz CT molecular complexity index is 600. The van der Waals surface area contributed by atoms with Gasteiger partial charge in [0.25, 0.3) is 0 Å². The van der Waals surface area contributed by atoms with E-state index in [1.165, 1.54) is 0 Å². The topological polar surface area (TPSA) is 32.3 Å². The summed E-state index contributed by atoms with van der Waals surface area (Å²) in [5.74, 6) is 0. The fourth-order valence-electron chi connectivity index (χ4n) is 2.09.